The van der Waals surface area contributed by atoms with E-state index < -0.39 is 15.6 Å². The van der Waals surface area contributed by atoms with E-state index in [2.05, 4.69) is 4.98 Å². The molecule has 1 saturated heterocycles. The number of nitrogens with zero attached hydrogens (tertiary/aromatic N) is 2. The SMILES string of the molecule is CC1CN(S(=O)(=O)c2cccnc2N)CC(C)(C)O1. The number of morpholine rings is 1. The van der Waals surface area contributed by atoms with Gasteiger partial charge >= 0.3 is 0 Å². The van der Waals surface area contributed by atoms with Crippen molar-refractivity contribution in [3.63, 3.8) is 0 Å². The van der Waals surface area contributed by atoms with Gasteiger partial charge < -0.3 is 10.5 Å². The highest BCUT2D eigenvalue weighted by molar-refractivity contribution is 7.89. The van der Waals surface area contributed by atoms with Gasteiger partial charge in [0.2, 0.25) is 10.0 Å². The second-order valence-corrected chi connectivity index (χ2v) is 7.28. The third-order valence-electron chi connectivity index (χ3n) is 2.96. The Morgan fingerprint density at radius 3 is 2.79 bits per heavy atom. The molecular weight excluding hydrogens is 266 g/mol. The number of nitrogens with two attached hydrogens (primary N) is 1. The average molecular weight is 285 g/mol. The van der Waals surface area contributed by atoms with Crippen LogP contribution in [0.1, 0.15) is 20.8 Å². The minimum Gasteiger partial charge on any atom is -0.383 e. The van der Waals surface area contributed by atoms with Crippen LogP contribution in [0.15, 0.2) is 23.2 Å². The van der Waals surface area contributed by atoms with E-state index in [0.717, 1.165) is 0 Å². The molecule has 1 atom stereocenters. The lowest BCUT2D eigenvalue weighted by Crippen LogP contribution is -2.53. The van der Waals surface area contributed by atoms with Gasteiger partial charge in [-0.25, -0.2) is 13.4 Å². The lowest BCUT2D eigenvalue weighted by Gasteiger charge is -2.40. The molecule has 7 heteroatoms. The van der Waals surface area contributed by atoms with Crippen molar-refractivity contribution >= 4 is 15.8 Å². The van der Waals surface area contributed by atoms with Gasteiger partial charge in [-0.1, -0.05) is 0 Å². The van der Waals surface area contributed by atoms with Crippen LogP contribution in [0.5, 0.6) is 0 Å². The van der Waals surface area contributed by atoms with Crippen LogP contribution in [0.3, 0.4) is 0 Å². The molecule has 2 N–H and O–H groups in total. The van der Waals surface area contributed by atoms with Crippen molar-refractivity contribution in [3.8, 4) is 0 Å². The third kappa shape index (κ3) is 2.88. The Kier molecular flexibility index (Phi) is 3.55. The van der Waals surface area contributed by atoms with Gasteiger partial charge in [0, 0.05) is 19.3 Å². The zero-order valence-electron chi connectivity index (χ0n) is 11.3. The predicted molar refractivity (Wildman–Crippen MR) is 72.0 cm³/mol. The van der Waals surface area contributed by atoms with Crippen molar-refractivity contribution in [1.82, 2.24) is 9.29 Å². The molecule has 1 aliphatic heterocycles. The van der Waals surface area contributed by atoms with E-state index in [1.807, 2.05) is 20.8 Å². The topological polar surface area (TPSA) is 85.5 Å². The molecule has 2 heterocycles. The Balaban J connectivity index is 2.38. The Morgan fingerprint density at radius 1 is 1.53 bits per heavy atom. The van der Waals surface area contributed by atoms with Crippen molar-refractivity contribution < 1.29 is 13.2 Å². The van der Waals surface area contributed by atoms with E-state index in [0.29, 0.717) is 13.1 Å². The third-order valence-corrected chi connectivity index (χ3v) is 4.81. The predicted octanol–water partition coefficient (Wildman–Crippen LogP) is 0.852. The molecule has 0 amide bonds. The zero-order chi connectivity index (χ0) is 14.3. The highest BCUT2D eigenvalue weighted by Gasteiger charge is 2.38. The first-order valence-corrected chi connectivity index (χ1v) is 7.55. The Morgan fingerprint density at radius 2 is 2.21 bits per heavy atom. The Hall–Kier alpha value is -1.18. The lowest BCUT2D eigenvalue weighted by atomic mass is 10.1. The normalized spacial score (nSPS) is 24.3. The second kappa shape index (κ2) is 4.73. The van der Waals surface area contributed by atoms with Gasteiger partial charge in [-0.15, -0.1) is 0 Å². The van der Waals surface area contributed by atoms with Crippen molar-refractivity contribution in [2.24, 2.45) is 0 Å². The van der Waals surface area contributed by atoms with Gasteiger partial charge in [-0.3, -0.25) is 0 Å². The molecule has 2 rings (SSSR count). The van der Waals surface area contributed by atoms with Crippen LogP contribution < -0.4 is 5.73 Å². The summed E-state index contributed by atoms with van der Waals surface area (Å²) in [5.74, 6) is 0.0273. The highest BCUT2D eigenvalue weighted by atomic mass is 32.2. The van der Waals surface area contributed by atoms with Gasteiger partial charge in [-0.2, -0.15) is 4.31 Å². The van der Waals surface area contributed by atoms with E-state index in [4.69, 9.17) is 10.5 Å². The lowest BCUT2D eigenvalue weighted by molar-refractivity contribution is -0.109. The molecule has 0 radical (unpaired) electrons. The first-order chi connectivity index (χ1) is 8.72. The van der Waals surface area contributed by atoms with E-state index >= 15 is 0 Å². The zero-order valence-corrected chi connectivity index (χ0v) is 12.1. The maximum Gasteiger partial charge on any atom is 0.246 e. The summed E-state index contributed by atoms with van der Waals surface area (Å²) < 4.78 is 32.3. The average Bonchev–Trinajstić information content (AvgIpc) is 2.26. The number of aromatic nitrogens is 1. The Labute approximate surface area is 113 Å². The minimum absolute atomic E-state index is 0.0273. The van der Waals surface area contributed by atoms with Crippen LogP contribution >= 0.6 is 0 Å². The number of nitrogen functional groups attached to an aromatic ring is 1. The molecule has 1 aliphatic rings. The fourth-order valence-electron chi connectivity index (χ4n) is 2.34. The summed E-state index contributed by atoms with van der Waals surface area (Å²) in [6.45, 7) is 6.22. The number of ether oxygens (including phenoxy) is 1. The largest absolute Gasteiger partial charge is 0.383 e. The van der Waals surface area contributed by atoms with Crippen molar-refractivity contribution in [1.29, 1.82) is 0 Å². The molecule has 0 spiro atoms. The van der Waals surface area contributed by atoms with Crippen LogP contribution in [0.2, 0.25) is 0 Å². The number of hydrogen-bond acceptors (Lipinski definition) is 5. The number of anilines is 1. The molecule has 106 valence electrons. The van der Waals surface area contributed by atoms with Crippen LogP contribution in [0.25, 0.3) is 0 Å². The van der Waals surface area contributed by atoms with Crippen LogP contribution in [0, 0.1) is 0 Å². The monoisotopic (exact) mass is 285 g/mol. The fourth-order valence-corrected chi connectivity index (χ4v) is 4.07. The molecule has 6 nitrogen and oxygen atoms in total. The van der Waals surface area contributed by atoms with Crippen LogP contribution in [0.4, 0.5) is 5.82 Å². The van der Waals surface area contributed by atoms with Gasteiger partial charge in [0.25, 0.3) is 0 Å². The second-order valence-electron chi connectivity index (χ2n) is 5.37. The summed E-state index contributed by atoms with van der Waals surface area (Å²) in [5, 5.41) is 0. The first-order valence-electron chi connectivity index (χ1n) is 6.11. The van der Waals surface area contributed by atoms with Gasteiger partial charge in [0.05, 0.1) is 11.7 Å². The standard InChI is InChI=1S/C12H19N3O3S/c1-9-7-15(8-12(2,3)18-9)19(16,17)10-5-4-6-14-11(10)13/h4-6,9H,7-8H2,1-3H3,(H2,13,14). The van der Waals surface area contributed by atoms with E-state index in [1.54, 1.807) is 6.07 Å². The van der Waals surface area contributed by atoms with E-state index in [1.165, 1.54) is 16.6 Å². The molecule has 0 aliphatic carbocycles. The summed E-state index contributed by atoms with van der Waals surface area (Å²) in [6, 6.07) is 3.04. The van der Waals surface area contributed by atoms with Gasteiger partial charge in [0.15, 0.2) is 0 Å². The first kappa shape index (κ1) is 14.2. The minimum atomic E-state index is -3.63. The number of hydrogen-bond donors (Lipinski definition) is 1. The molecule has 1 aromatic heterocycles. The molecule has 19 heavy (non-hydrogen) atoms. The van der Waals surface area contributed by atoms with Crippen molar-refractivity contribution in [2.75, 3.05) is 18.8 Å². The summed E-state index contributed by atoms with van der Waals surface area (Å²) >= 11 is 0. The van der Waals surface area contributed by atoms with E-state index in [-0.39, 0.29) is 16.8 Å². The van der Waals surface area contributed by atoms with Gasteiger partial charge in [-0.05, 0) is 32.9 Å². The van der Waals surface area contributed by atoms with Gasteiger partial charge in [0.1, 0.15) is 10.7 Å². The molecule has 0 saturated carbocycles. The molecule has 1 fully saturated rings. The molecule has 0 bridgehead atoms. The highest BCUT2D eigenvalue weighted by Crippen LogP contribution is 2.27. The van der Waals surface area contributed by atoms with Crippen molar-refractivity contribution in [3.05, 3.63) is 18.3 Å². The summed E-state index contributed by atoms with van der Waals surface area (Å²) in [4.78, 5) is 3.89. The maximum absolute atomic E-state index is 12.6. The molecule has 1 unspecified atom stereocenters. The van der Waals surface area contributed by atoms with Crippen LogP contribution in [-0.4, -0.2) is 42.5 Å². The Bertz CT molecular complexity index is 571. The fraction of sp³-hybridized carbons (Fsp3) is 0.583. The summed E-state index contributed by atoms with van der Waals surface area (Å²) in [6.07, 6.45) is 1.32. The summed E-state index contributed by atoms with van der Waals surface area (Å²) in [7, 11) is -3.63. The number of pyridine rings is 1. The summed E-state index contributed by atoms with van der Waals surface area (Å²) in [5.41, 5.74) is 5.16. The molecular formula is C12H19N3O3S. The molecule has 0 aromatic carbocycles. The number of sulfonamides is 1. The quantitative estimate of drug-likeness (QED) is 0.870. The smallest absolute Gasteiger partial charge is 0.246 e. The van der Waals surface area contributed by atoms with Crippen LogP contribution in [-0.2, 0) is 14.8 Å². The number of rotatable bonds is 2. The van der Waals surface area contributed by atoms with E-state index in [9.17, 15) is 8.42 Å². The molecule has 1 aromatic rings. The maximum atomic E-state index is 12.6. The van der Waals surface area contributed by atoms with Crippen molar-refractivity contribution in [2.45, 2.75) is 37.4 Å².